The highest BCUT2D eigenvalue weighted by Gasteiger charge is 2.20. The molecule has 0 radical (unpaired) electrons. The first kappa shape index (κ1) is 16.0. The zero-order chi connectivity index (χ0) is 14.4. The first-order chi connectivity index (χ1) is 9.65. The van der Waals surface area contributed by atoms with Crippen LogP contribution in [0.15, 0.2) is 4.99 Å². The third kappa shape index (κ3) is 5.17. The summed E-state index contributed by atoms with van der Waals surface area (Å²) in [6, 6.07) is 0. The predicted octanol–water partition coefficient (Wildman–Crippen LogP) is 1.72. The Balaban J connectivity index is 1.77. The van der Waals surface area contributed by atoms with Gasteiger partial charge in [-0.15, -0.1) is 0 Å². The second-order valence-electron chi connectivity index (χ2n) is 6.46. The Kier molecular flexibility index (Phi) is 6.49. The summed E-state index contributed by atoms with van der Waals surface area (Å²) in [7, 11) is 0. The third-order valence-corrected chi connectivity index (χ3v) is 5.02. The maximum Gasteiger partial charge on any atom is 0.191 e. The number of nitrogens with two attached hydrogens (primary N) is 1. The van der Waals surface area contributed by atoms with E-state index >= 15 is 0 Å². The molecule has 2 fully saturated rings. The first-order valence-corrected chi connectivity index (χ1v) is 9.15. The summed E-state index contributed by atoms with van der Waals surface area (Å²) >= 11 is 2.01. The van der Waals surface area contributed by atoms with Gasteiger partial charge in [-0.2, -0.15) is 11.8 Å². The van der Waals surface area contributed by atoms with E-state index in [1.54, 1.807) is 0 Å². The molecule has 4 nitrogen and oxygen atoms in total. The molecule has 0 amide bonds. The molecule has 0 aromatic carbocycles. The number of thioether (sulfide) groups is 1. The monoisotopic (exact) mass is 298 g/mol. The van der Waals surface area contributed by atoms with Crippen molar-refractivity contribution in [3.8, 4) is 0 Å². The van der Waals surface area contributed by atoms with Crippen molar-refractivity contribution in [3.63, 3.8) is 0 Å². The fraction of sp³-hybridized carbons (Fsp3) is 0.933. The Labute approximate surface area is 128 Å². The van der Waals surface area contributed by atoms with Gasteiger partial charge in [0.25, 0.3) is 0 Å². The van der Waals surface area contributed by atoms with Crippen LogP contribution in [0.5, 0.6) is 0 Å². The van der Waals surface area contributed by atoms with Crippen LogP contribution in [0.1, 0.15) is 26.7 Å². The Morgan fingerprint density at radius 2 is 2.05 bits per heavy atom. The van der Waals surface area contributed by atoms with Crippen molar-refractivity contribution in [3.05, 3.63) is 0 Å². The quantitative estimate of drug-likeness (QED) is 0.634. The van der Waals surface area contributed by atoms with Crippen molar-refractivity contribution in [2.45, 2.75) is 26.7 Å². The lowest BCUT2D eigenvalue weighted by atomic mass is 9.97. The largest absolute Gasteiger partial charge is 0.370 e. The van der Waals surface area contributed by atoms with Gasteiger partial charge in [-0.3, -0.25) is 4.99 Å². The average molecular weight is 299 g/mol. The van der Waals surface area contributed by atoms with Gasteiger partial charge in [-0.05, 0) is 31.2 Å². The normalized spacial score (nSPS) is 26.2. The van der Waals surface area contributed by atoms with E-state index < -0.39 is 0 Å². The molecule has 2 aliphatic rings. The maximum atomic E-state index is 6.13. The summed E-state index contributed by atoms with van der Waals surface area (Å²) in [5, 5.41) is 0. The molecule has 0 aromatic heterocycles. The summed E-state index contributed by atoms with van der Waals surface area (Å²) < 4.78 is 0. The number of piperidine rings is 1. The van der Waals surface area contributed by atoms with Gasteiger partial charge in [-0.25, -0.2) is 0 Å². The topological polar surface area (TPSA) is 44.9 Å². The molecule has 116 valence electrons. The summed E-state index contributed by atoms with van der Waals surface area (Å²) in [5.74, 6) is 4.59. The fourth-order valence-corrected chi connectivity index (χ4v) is 4.00. The van der Waals surface area contributed by atoms with Crippen LogP contribution in [0.25, 0.3) is 0 Å². The van der Waals surface area contributed by atoms with Crippen molar-refractivity contribution >= 4 is 17.7 Å². The Hall–Kier alpha value is -0.420. The molecular weight excluding hydrogens is 268 g/mol. The number of aliphatic imine (C=N–C) groups is 1. The highest BCUT2D eigenvalue weighted by Crippen LogP contribution is 2.18. The summed E-state index contributed by atoms with van der Waals surface area (Å²) in [5.41, 5.74) is 6.13. The molecule has 0 spiro atoms. The Morgan fingerprint density at radius 1 is 1.30 bits per heavy atom. The highest BCUT2D eigenvalue weighted by molar-refractivity contribution is 7.99. The van der Waals surface area contributed by atoms with E-state index in [4.69, 9.17) is 5.73 Å². The zero-order valence-electron chi connectivity index (χ0n) is 13.1. The zero-order valence-corrected chi connectivity index (χ0v) is 13.9. The Morgan fingerprint density at radius 3 is 2.75 bits per heavy atom. The predicted molar refractivity (Wildman–Crippen MR) is 89.4 cm³/mol. The molecule has 0 bridgehead atoms. The van der Waals surface area contributed by atoms with E-state index in [9.17, 15) is 0 Å². The summed E-state index contributed by atoms with van der Waals surface area (Å²) in [4.78, 5) is 9.51. The van der Waals surface area contributed by atoms with Crippen LogP contribution in [-0.4, -0.2) is 66.5 Å². The van der Waals surface area contributed by atoms with Crippen molar-refractivity contribution in [2.75, 3.05) is 50.8 Å². The van der Waals surface area contributed by atoms with E-state index in [-0.39, 0.29) is 0 Å². The van der Waals surface area contributed by atoms with Gasteiger partial charge in [0.05, 0.1) is 0 Å². The SMILES string of the molecule is CC(C)CN1CCCC(CN=C(N)N2CCSCC2)C1. The van der Waals surface area contributed by atoms with Gasteiger partial charge in [0, 0.05) is 44.2 Å². The lowest BCUT2D eigenvalue weighted by molar-refractivity contribution is 0.162. The molecule has 5 heteroatoms. The number of rotatable bonds is 4. The van der Waals surface area contributed by atoms with Crippen LogP contribution in [-0.2, 0) is 0 Å². The number of nitrogens with zero attached hydrogens (tertiary/aromatic N) is 3. The average Bonchev–Trinajstić information content (AvgIpc) is 2.45. The molecule has 2 saturated heterocycles. The number of guanidine groups is 1. The second kappa shape index (κ2) is 8.13. The van der Waals surface area contributed by atoms with Crippen LogP contribution in [0.4, 0.5) is 0 Å². The van der Waals surface area contributed by atoms with Crippen molar-refractivity contribution < 1.29 is 0 Å². The molecule has 20 heavy (non-hydrogen) atoms. The van der Waals surface area contributed by atoms with Crippen molar-refractivity contribution in [2.24, 2.45) is 22.6 Å². The van der Waals surface area contributed by atoms with Crippen LogP contribution >= 0.6 is 11.8 Å². The summed E-state index contributed by atoms with van der Waals surface area (Å²) in [6.45, 7) is 11.3. The standard InChI is InChI=1S/C15H30N4S/c1-13(2)11-18-5-3-4-14(12-18)10-17-15(16)19-6-8-20-9-7-19/h13-14H,3-12H2,1-2H3,(H2,16,17). The van der Waals surface area contributed by atoms with Crippen molar-refractivity contribution in [1.82, 2.24) is 9.80 Å². The van der Waals surface area contributed by atoms with Crippen molar-refractivity contribution in [1.29, 1.82) is 0 Å². The fourth-order valence-electron chi connectivity index (χ4n) is 3.10. The lowest BCUT2D eigenvalue weighted by Crippen LogP contribution is -2.43. The molecule has 2 N–H and O–H groups in total. The lowest BCUT2D eigenvalue weighted by Gasteiger charge is -2.33. The molecular formula is C15H30N4S. The van der Waals surface area contributed by atoms with Gasteiger partial charge in [0.2, 0.25) is 0 Å². The molecule has 1 atom stereocenters. The van der Waals surface area contributed by atoms with E-state index in [1.165, 1.54) is 44.0 Å². The highest BCUT2D eigenvalue weighted by atomic mass is 32.2. The van der Waals surface area contributed by atoms with E-state index in [0.29, 0.717) is 5.92 Å². The number of hydrogen-bond acceptors (Lipinski definition) is 3. The molecule has 2 heterocycles. The van der Waals surface area contributed by atoms with E-state index in [2.05, 4.69) is 28.6 Å². The minimum atomic E-state index is 0.695. The molecule has 1 unspecified atom stereocenters. The van der Waals surface area contributed by atoms with Gasteiger partial charge >= 0.3 is 0 Å². The second-order valence-corrected chi connectivity index (χ2v) is 7.68. The molecule has 0 aliphatic carbocycles. The first-order valence-electron chi connectivity index (χ1n) is 8.00. The molecule has 0 aromatic rings. The van der Waals surface area contributed by atoms with E-state index in [1.807, 2.05) is 11.8 Å². The smallest absolute Gasteiger partial charge is 0.191 e. The van der Waals surface area contributed by atoms with Gasteiger partial charge < -0.3 is 15.5 Å². The van der Waals surface area contributed by atoms with Crippen LogP contribution in [0, 0.1) is 11.8 Å². The maximum absolute atomic E-state index is 6.13. The molecule has 0 saturated carbocycles. The number of hydrogen-bond donors (Lipinski definition) is 1. The van der Waals surface area contributed by atoms with Crippen LogP contribution < -0.4 is 5.73 Å². The van der Waals surface area contributed by atoms with Crippen LogP contribution in [0.2, 0.25) is 0 Å². The summed E-state index contributed by atoms with van der Waals surface area (Å²) in [6.07, 6.45) is 2.62. The van der Waals surface area contributed by atoms with Gasteiger partial charge in [-0.1, -0.05) is 13.8 Å². The van der Waals surface area contributed by atoms with Gasteiger partial charge in [0.1, 0.15) is 0 Å². The third-order valence-electron chi connectivity index (χ3n) is 4.07. The van der Waals surface area contributed by atoms with Crippen LogP contribution in [0.3, 0.4) is 0 Å². The van der Waals surface area contributed by atoms with E-state index in [0.717, 1.165) is 31.5 Å². The minimum absolute atomic E-state index is 0.695. The van der Waals surface area contributed by atoms with Gasteiger partial charge in [0.15, 0.2) is 5.96 Å². The molecule has 2 aliphatic heterocycles. The Bertz CT molecular complexity index is 313. The minimum Gasteiger partial charge on any atom is -0.370 e. The number of likely N-dealkylation sites (tertiary alicyclic amines) is 1. The molecule has 2 rings (SSSR count).